The fraction of sp³-hybridized carbons (Fsp3) is 0.621. The third-order valence-corrected chi connectivity index (χ3v) is 8.26. The zero-order chi connectivity index (χ0) is 27.1. The van der Waals surface area contributed by atoms with E-state index in [1.807, 2.05) is 40.0 Å². The molecule has 8 nitrogen and oxygen atoms in total. The average Bonchev–Trinajstić information content (AvgIpc) is 3.34. The van der Waals surface area contributed by atoms with Crippen LogP contribution in [0.15, 0.2) is 24.4 Å². The molecule has 0 unspecified atom stereocenters. The number of benzene rings is 1. The van der Waals surface area contributed by atoms with E-state index in [0.29, 0.717) is 5.92 Å². The lowest BCUT2D eigenvalue weighted by atomic mass is 9.86. The molecule has 2 aromatic rings. The molecule has 4 rings (SSSR count). The predicted octanol–water partition coefficient (Wildman–Crippen LogP) is 6.91. The molecule has 0 bridgehead atoms. The van der Waals surface area contributed by atoms with Crippen LogP contribution in [0.2, 0.25) is 0 Å². The number of anilines is 1. The molecule has 1 aliphatic heterocycles. The number of nitrogens with zero attached hydrogens (tertiary/aromatic N) is 2. The number of alkyl carbamates (subject to hydrolysis) is 1. The summed E-state index contributed by atoms with van der Waals surface area (Å²) in [5, 5.41) is 7.05. The lowest BCUT2D eigenvalue weighted by molar-refractivity contribution is 0.109. The van der Waals surface area contributed by atoms with Crippen molar-refractivity contribution < 1.29 is 19.1 Å². The highest BCUT2D eigenvalue weighted by molar-refractivity contribution is 7.15. The molecule has 1 aromatic carbocycles. The van der Waals surface area contributed by atoms with E-state index < -0.39 is 6.09 Å². The molecular formula is C29H42N4O4S. The number of piperidine rings is 1. The predicted molar refractivity (Wildman–Crippen MR) is 152 cm³/mol. The minimum Gasteiger partial charge on any atom is -0.447 e. The number of likely N-dealkylation sites (tertiary alicyclic amines) is 1. The molecule has 2 heterocycles. The number of hydrogen-bond acceptors (Lipinski definition) is 7. The zero-order valence-electron chi connectivity index (χ0n) is 23.1. The SMILES string of the molecule is CC(C)OC(=O)Nc1ccc(-c2cnc(C3CCC(NC(=O)OC(C)C)CC3)s2)c(CN2CCCCC2)c1. The van der Waals surface area contributed by atoms with Crippen LogP contribution in [0.1, 0.15) is 89.1 Å². The minimum atomic E-state index is -0.431. The molecule has 2 aliphatic rings. The highest BCUT2D eigenvalue weighted by Crippen LogP contribution is 2.39. The van der Waals surface area contributed by atoms with Gasteiger partial charge in [-0.1, -0.05) is 12.5 Å². The fourth-order valence-electron chi connectivity index (χ4n) is 5.26. The first-order valence-electron chi connectivity index (χ1n) is 14.0. The van der Waals surface area contributed by atoms with Crippen molar-refractivity contribution in [2.75, 3.05) is 18.4 Å². The average molecular weight is 543 g/mol. The quantitative estimate of drug-likeness (QED) is 0.376. The van der Waals surface area contributed by atoms with Crippen molar-refractivity contribution in [3.63, 3.8) is 0 Å². The molecule has 2 fully saturated rings. The Morgan fingerprint density at radius 3 is 2.37 bits per heavy atom. The number of carbonyl (C=O) groups is 2. The second-order valence-corrected chi connectivity index (χ2v) is 12.1. The molecule has 2 N–H and O–H groups in total. The summed E-state index contributed by atoms with van der Waals surface area (Å²) in [5.41, 5.74) is 3.12. The van der Waals surface area contributed by atoms with Crippen LogP contribution in [-0.4, -0.2) is 53.4 Å². The molecule has 1 aromatic heterocycles. The Morgan fingerprint density at radius 2 is 1.68 bits per heavy atom. The first-order valence-corrected chi connectivity index (χ1v) is 14.8. The highest BCUT2D eigenvalue weighted by Gasteiger charge is 2.26. The first kappa shape index (κ1) is 28.4. The van der Waals surface area contributed by atoms with Gasteiger partial charge < -0.3 is 14.8 Å². The molecular weight excluding hydrogens is 500 g/mol. The number of rotatable bonds is 8. The molecule has 0 radical (unpaired) electrons. The van der Waals surface area contributed by atoms with Gasteiger partial charge in [-0.25, -0.2) is 14.6 Å². The van der Waals surface area contributed by atoms with Crippen LogP contribution in [0.3, 0.4) is 0 Å². The lowest BCUT2D eigenvalue weighted by Crippen LogP contribution is -2.38. The molecule has 1 saturated carbocycles. The summed E-state index contributed by atoms with van der Waals surface area (Å²) in [6, 6.07) is 6.29. The van der Waals surface area contributed by atoms with Crippen LogP contribution in [0, 0.1) is 0 Å². The van der Waals surface area contributed by atoms with E-state index in [4.69, 9.17) is 14.5 Å². The van der Waals surface area contributed by atoms with Gasteiger partial charge in [0.25, 0.3) is 0 Å². The summed E-state index contributed by atoms with van der Waals surface area (Å²) in [4.78, 5) is 32.7. The second kappa shape index (κ2) is 13.4. The Hall–Kier alpha value is -2.65. The largest absolute Gasteiger partial charge is 0.447 e. The normalized spacial score (nSPS) is 20.4. The lowest BCUT2D eigenvalue weighted by Gasteiger charge is -2.28. The Kier molecular flexibility index (Phi) is 10.0. The molecule has 9 heteroatoms. The number of ether oxygens (including phenoxy) is 2. The maximum Gasteiger partial charge on any atom is 0.411 e. The Bertz CT molecular complexity index is 1070. The van der Waals surface area contributed by atoms with Crippen molar-refractivity contribution in [3.8, 4) is 10.4 Å². The van der Waals surface area contributed by atoms with Gasteiger partial charge in [-0.05, 0) is 103 Å². The van der Waals surface area contributed by atoms with E-state index >= 15 is 0 Å². The van der Waals surface area contributed by atoms with E-state index in [9.17, 15) is 9.59 Å². The van der Waals surface area contributed by atoms with Gasteiger partial charge in [0.05, 0.1) is 22.1 Å². The number of aromatic nitrogens is 1. The molecule has 0 spiro atoms. The van der Waals surface area contributed by atoms with Gasteiger partial charge in [-0.3, -0.25) is 10.2 Å². The summed E-state index contributed by atoms with van der Waals surface area (Å²) < 4.78 is 10.5. The molecule has 1 saturated heterocycles. The van der Waals surface area contributed by atoms with Crippen LogP contribution in [0.5, 0.6) is 0 Å². The van der Waals surface area contributed by atoms with Crippen LogP contribution in [-0.2, 0) is 16.0 Å². The van der Waals surface area contributed by atoms with Gasteiger partial charge in [0.1, 0.15) is 0 Å². The maximum absolute atomic E-state index is 12.2. The maximum atomic E-state index is 12.2. The summed E-state index contributed by atoms with van der Waals surface area (Å²) in [7, 11) is 0. The van der Waals surface area contributed by atoms with Crippen molar-refractivity contribution in [2.45, 2.75) is 103 Å². The summed E-state index contributed by atoms with van der Waals surface area (Å²) in [5.74, 6) is 0.408. The Morgan fingerprint density at radius 1 is 1.00 bits per heavy atom. The Balaban J connectivity index is 1.45. The first-order chi connectivity index (χ1) is 18.3. The molecule has 208 valence electrons. The number of nitrogens with one attached hydrogen (secondary N) is 2. The summed E-state index contributed by atoms with van der Waals surface area (Å²) in [6.07, 6.45) is 8.57. The molecule has 0 atom stereocenters. The second-order valence-electron chi connectivity index (χ2n) is 11.0. The van der Waals surface area contributed by atoms with Crippen LogP contribution in [0.25, 0.3) is 10.4 Å². The standard InChI is InChI=1S/C29H42N4O4S/c1-19(2)36-28(34)31-23-10-8-21(9-11-23)27-30-17-26(38-27)25-13-12-24(32-29(35)37-20(3)4)16-22(25)18-33-14-6-5-7-15-33/h12-13,16-17,19-21,23H,5-11,14-15,18H2,1-4H3,(H,31,34)(H,32,35). The van der Waals surface area contributed by atoms with Crippen molar-refractivity contribution in [1.82, 2.24) is 15.2 Å². The van der Waals surface area contributed by atoms with Gasteiger partial charge in [0, 0.05) is 30.4 Å². The Labute approximate surface area is 230 Å². The number of thiazole rings is 1. The number of hydrogen-bond donors (Lipinski definition) is 2. The van der Waals surface area contributed by atoms with Crippen molar-refractivity contribution in [2.24, 2.45) is 0 Å². The topological polar surface area (TPSA) is 92.8 Å². The van der Waals surface area contributed by atoms with Crippen molar-refractivity contribution >= 4 is 29.2 Å². The van der Waals surface area contributed by atoms with E-state index in [1.54, 1.807) is 11.3 Å². The van der Waals surface area contributed by atoms with E-state index in [2.05, 4.69) is 27.7 Å². The van der Waals surface area contributed by atoms with E-state index in [-0.39, 0.29) is 24.3 Å². The van der Waals surface area contributed by atoms with E-state index in [0.717, 1.165) is 60.9 Å². The van der Waals surface area contributed by atoms with Gasteiger partial charge in [0.2, 0.25) is 0 Å². The number of amides is 2. The van der Waals surface area contributed by atoms with E-state index in [1.165, 1.54) is 30.4 Å². The smallest absolute Gasteiger partial charge is 0.411 e. The van der Waals surface area contributed by atoms with Crippen molar-refractivity contribution in [3.05, 3.63) is 35.0 Å². The summed E-state index contributed by atoms with van der Waals surface area (Å²) in [6.45, 7) is 10.5. The van der Waals surface area contributed by atoms with Gasteiger partial charge >= 0.3 is 12.2 Å². The fourth-order valence-corrected chi connectivity index (χ4v) is 6.41. The van der Waals surface area contributed by atoms with Gasteiger partial charge in [-0.15, -0.1) is 11.3 Å². The molecule has 38 heavy (non-hydrogen) atoms. The highest BCUT2D eigenvalue weighted by atomic mass is 32.1. The summed E-state index contributed by atoms with van der Waals surface area (Å²) >= 11 is 1.77. The minimum absolute atomic E-state index is 0.112. The third-order valence-electron chi connectivity index (χ3n) is 7.07. The van der Waals surface area contributed by atoms with Gasteiger partial charge in [0.15, 0.2) is 0 Å². The van der Waals surface area contributed by atoms with Crippen molar-refractivity contribution in [1.29, 1.82) is 0 Å². The van der Waals surface area contributed by atoms with Crippen LogP contribution < -0.4 is 10.6 Å². The van der Waals surface area contributed by atoms with Gasteiger partial charge in [-0.2, -0.15) is 0 Å². The molecule has 2 amide bonds. The monoisotopic (exact) mass is 542 g/mol. The molecule has 1 aliphatic carbocycles. The number of carbonyl (C=O) groups excluding carboxylic acids is 2. The third kappa shape index (κ3) is 8.17. The van der Waals surface area contributed by atoms with Crippen LogP contribution in [0.4, 0.5) is 15.3 Å². The van der Waals surface area contributed by atoms with Crippen LogP contribution >= 0.6 is 11.3 Å². The zero-order valence-corrected chi connectivity index (χ0v) is 23.9.